The number of alkyl halides is 3. The first-order valence-corrected chi connectivity index (χ1v) is 9.42. The Morgan fingerprint density at radius 2 is 2.03 bits per heavy atom. The van der Waals surface area contributed by atoms with Crippen molar-refractivity contribution < 1.29 is 17.9 Å². The van der Waals surface area contributed by atoms with E-state index in [1.54, 1.807) is 6.07 Å². The SMILES string of the molecule is CCOCCCNC(=NCc1cccc(C(F)(F)F)c1)NCc1nnc(C)n1C. The van der Waals surface area contributed by atoms with Crippen molar-refractivity contribution in [3.8, 4) is 0 Å². The Kier molecular flexibility index (Phi) is 8.44. The Morgan fingerprint density at radius 1 is 1.24 bits per heavy atom. The van der Waals surface area contributed by atoms with Crippen LogP contribution in [0.1, 0.15) is 36.1 Å². The molecule has 0 amide bonds. The zero-order valence-corrected chi connectivity index (χ0v) is 16.9. The predicted octanol–water partition coefficient (Wildman–Crippen LogP) is 2.80. The van der Waals surface area contributed by atoms with Crippen LogP contribution >= 0.6 is 0 Å². The van der Waals surface area contributed by atoms with Gasteiger partial charge in [-0.3, -0.25) is 0 Å². The molecular weight excluding hydrogens is 385 g/mol. The molecule has 0 saturated heterocycles. The summed E-state index contributed by atoms with van der Waals surface area (Å²) in [7, 11) is 1.86. The van der Waals surface area contributed by atoms with Crippen molar-refractivity contribution in [2.45, 2.75) is 39.5 Å². The second kappa shape index (κ2) is 10.8. The van der Waals surface area contributed by atoms with Crippen LogP contribution in [0.5, 0.6) is 0 Å². The summed E-state index contributed by atoms with van der Waals surface area (Å²) in [4.78, 5) is 4.42. The van der Waals surface area contributed by atoms with Crippen molar-refractivity contribution in [2.24, 2.45) is 12.0 Å². The first-order valence-electron chi connectivity index (χ1n) is 9.42. The van der Waals surface area contributed by atoms with Gasteiger partial charge < -0.3 is 19.9 Å². The molecule has 7 nitrogen and oxygen atoms in total. The Balaban J connectivity index is 2.03. The number of halogens is 3. The summed E-state index contributed by atoms with van der Waals surface area (Å²) in [5.41, 5.74) is -0.205. The highest BCUT2D eigenvalue weighted by atomic mass is 19.4. The minimum atomic E-state index is -4.37. The van der Waals surface area contributed by atoms with Gasteiger partial charge in [0.25, 0.3) is 0 Å². The van der Waals surface area contributed by atoms with E-state index in [1.807, 2.05) is 25.5 Å². The third kappa shape index (κ3) is 7.37. The molecule has 0 unspecified atom stereocenters. The molecule has 0 aliphatic carbocycles. The monoisotopic (exact) mass is 412 g/mol. The molecule has 1 aromatic carbocycles. The van der Waals surface area contributed by atoms with Crippen LogP contribution in [0.3, 0.4) is 0 Å². The van der Waals surface area contributed by atoms with Gasteiger partial charge in [-0.25, -0.2) is 4.99 Å². The van der Waals surface area contributed by atoms with Gasteiger partial charge in [-0.15, -0.1) is 10.2 Å². The van der Waals surface area contributed by atoms with Crippen LogP contribution in [0.2, 0.25) is 0 Å². The summed E-state index contributed by atoms with van der Waals surface area (Å²) in [6.07, 6.45) is -3.59. The number of ether oxygens (including phenoxy) is 1. The number of aliphatic imine (C=N–C) groups is 1. The standard InChI is InChI=1S/C19H27F3N6O/c1-4-29-10-6-9-23-18(25-13-17-27-26-14(2)28(17)3)24-12-15-7-5-8-16(11-15)19(20,21)22/h5,7-8,11H,4,6,9-10,12-13H2,1-3H3,(H2,23,24,25). The van der Waals surface area contributed by atoms with Gasteiger partial charge in [0, 0.05) is 26.8 Å². The Bertz CT molecular complexity index is 803. The van der Waals surface area contributed by atoms with Crippen molar-refractivity contribution in [3.63, 3.8) is 0 Å². The second-order valence-corrected chi connectivity index (χ2v) is 6.42. The molecule has 29 heavy (non-hydrogen) atoms. The molecule has 2 N–H and O–H groups in total. The maximum Gasteiger partial charge on any atom is 0.416 e. The number of nitrogens with one attached hydrogen (secondary N) is 2. The van der Waals surface area contributed by atoms with Crippen LogP contribution in [-0.4, -0.2) is 40.5 Å². The molecule has 10 heteroatoms. The van der Waals surface area contributed by atoms with E-state index < -0.39 is 11.7 Å². The van der Waals surface area contributed by atoms with Crippen molar-refractivity contribution in [1.29, 1.82) is 0 Å². The van der Waals surface area contributed by atoms with Crippen LogP contribution in [-0.2, 0) is 31.1 Å². The molecule has 0 fully saturated rings. The van der Waals surface area contributed by atoms with E-state index in [1.165, 1.54) is 6.07 Å². The Labute approximate surface area is 168 Å². The number of aryl methyl sites for hydroxylation is 1. The van der Waals surface area contributed by atoms with Gasteiger partial charge in [0.15, 0.2) is 11.8 Å². The third-order valence-electron chi connectivity index (χ3n) is 4.23. The molecule has 0 saturated carbocycles. The number of guanidine groups is 1. The van der Waals surface area contributed by atoms with E-state index in [0.29, 0.717) is 37.8 Å². The average Bonchev–Trinajstić information content (AvgIpc) is 3.01. The zero-order valence-electron chi connectivity index (χ0n) is 16.9. The second-order valence-electron chi connectivity index (χ2n) is 6.42. The first-order chi connectivity index (χ1) is 13.8. The number of aromatic nitrogens is 3. The molecule has 0 aliphatic heterocycles. The van der Waals surface area contributed by atoms with Gasteiger partial charge in [-0.05, 0) is 38.0 Å². The summed E-state index contributed by atoms with van der Waals surface area (Å²) in [5.74, 6) is 2.00. The molecule has 0 spiro atoms. The average molecular weight is 412 g/mol. The maximum absolute atomic E-state index is 12.9. The van der Waals surface area contributed by atoms with Crippen molar-refractivity contribution in [3.05, 3.63) is 47.0 Å². The summed E-state index contributed by atoms with van der Waals surface area (Å²) in [6, 6.07) is 5.17. The molecule has 0 radical (unpaired) electrons. The first kappa shape index (κ1) is 22.7. The molecule has 2 aromatic rings. The van der Waals surface area contributed by atoms with E-state index >= 15 is 0 Å². The van der Waals surface area contributed by atoms with Crippen molar-refractivity contribution >= 4 is 5.96 Å². The summed E-state index contributed by atoms with van der Waals surface area (Å²) >= 11 is 0. The fraction of sp³-hybridized carbons (Fsp3) is 0.526. The highest BCUT2D eigenvalue weighted by Crippen LogP contribution is 2.29. The highest BCUT2D eigenvalue weighted by Gasteiger charge is 2.30. The molecule has 0 aliphatic rings. The van der Waals surface area contributed by atoms with Gasteiger partial charge in [0.2, 0.25) is 0 Å². The molecular formula is C19H27F3N6O. The summed E-state index contributed by atoms with van der Waals surface area (Å²) in [5, 5.41) is 14.4. The highest BCUT2D eigenvalue weighted by molar-refractivity contribution is 5.79. The number of hydrogen-bond acceptors (Lipinski definition) is 4. The predicted molar refractivity (Wildman–Crippen MR) is 104 cm³/mol. The van der Waals surface area contributed by atoms with Gasteiger partial charge >= 0.3 is 6.18 Å². The summed E-state index contributed by atoms with van der Waals surface area (Å²) < 4.78 is 45.9. The lowest BCUT2D eigenvalue weighted by atomic mass is 10.1. The zero-order chi connectivity index (χ0) is 21.3. The Hall–Kier alpha value is -2.62. The fourth-order valence-corrected chi connectivity index (χ4v) is 2.48. The number of benzene rings is 1. The van der Waals surface area contributed by atoms with E-state index in [0.717, 1.165) is 30.2 Å². The lowest BCUT2D eigenvalue weighted by molar-refractivity contribution is -0.137. The van der Waals surface area contributed by atoms with E-state index in [-0.39, 0.29) is 6.54 Å². The van der Waals surface area contributed by atoms with Gasteiger partial charge in [-0.1, -0.05) is 12.1 Å². The van der Waals surface area contributed by atoms with E-state index in [2.05, 4.69) is 25.8 Å². The van der Waals surface area contributed by atoms with Gasteiger partial charge in [0.05, 0.1) is 18.7 Å². The van der Waals surface area contributed by atoms with Crippen molar-refractivity contribution in [2.75, 3.05) is 19.8 Å². The lowest BCUT2D eigenvalue weighted by Crippen LogP contribution is -2.38. The lowest BCUT2D eigenvalue weighted by Gasteiger charge is -2.13. The summed E-state index contributed by atoms with van der Waals surface area (Å²) in [6.45, 7) is 6.17. The largest absolute Gasteiger partial charge is 0.416 e. The van der Waals surface area contributed by atoms with E-state index in [9.17, 15) is 13.2 Å². The number of hydrogen-bond donors (Lipinski definition) is 2. The van der Waals surface area contributed by atoms with Crippen LogP contribution in [0.15, 0.2) is 29.3 Å². The van der Waals surface area contributed by atoms with E-state index in [4.69, 9.17) is 4.74 Å². The van der Waals surface area contributed by atoms with Crippen LogP contribution in [0, 0.1) is 6.92 Å². The van der Waals surface area contributed by atoms with Crippen LogP contribution < -0.4 is 10.6 Å². The molecule has 1 aromatic heterocycles. The molecule has 0 atom stereocenters. The quantitative estimate of drug-likeness (QED) is 0.376. The smallest absolute Gasteiger partial charge is 0.382 e. The molecule has 160 valence electrons. The topological polar surface area (TPSA) is 76.4 Å². The minimum Gasteiger partial charge on any atom is -0.382 e. The number of nitrogens with zero attached hydrogens (tertiary/aromatic N) is 4. The Morgan fingerprint density at radius 3 is 2.69 bits per heavy atom. The minimum absolute atomic E-state index is 0.114. The molecule has 1 heterocycles. The fourth-order valence-electron chi connectivity index (χ4n) is 2.48. The normalized spacial score (nSPS) is 12.3. The molecule has 2 rings (SSSR count). The van der Waals surface area contributed by atoms with Gasteiger partial charge in [-0.2, -0.15) is 13.2 Å². The van der Waals surface area contributed by atoms with Crippen molar-refractivity contribution in [1.82, 2.24) is 25.4 Å². The van der Waals surface area contributed by atoms with Gasteiger partial charge in [0.1, 0.15) is 5.82 Å². The van der Waals surface area contributed by atoms with Crippen LogP contribution in [0.25, 0.3) is 0 Å². The van der Waals surface area contributed by atoms with Crippen LogP contribution in [0.4, 0.5) is 13.2 Å². The molecule has 0 bridgehead atoms. The maximum atomic E-state index is 12.9. The third-order valence-corrected chi connectivity index (χ3v) is 4.23. The number of rotatable bonds is 9.